The number of aryl methyl sites for hydroxylation is 3. The molecular formula is C25H29N3O5S2. The summed E-state index contributed by atoms with van der Waals surface area (Å²) in [7, 11) is -2.35. The van der Waals surface area contributed by atoms with Gasteiger partial charge in [0, 0.05) is 24.0 Å². The van der Waals surface area contributed by atoms with Crippen LogP contribution in [0, 0.1) is 20.8 Å². The molecule has 1 aliphatic heterocycles. The van der Waals surface area contributed by atoms with E-state index >= 15 is 0 Å². The van der Waals surface area contributed by atoms with E-state index in [0.29, 0.717) is 23.9 Å². The maximum atomic E-state index is 13.2. The monoisotopic (exact) mass is 515 g/mol. The first-order chi connectivity index (χ1) is 16.7. The highest BCUT2D eigenvalue weighted by Gasteiger charge is 2.29. The molecular weight excluding hydrogens is 486 g/mol. The third-order valence-corrected chi connectivity index (χ3v) is 8.54. The lowest BCUT2D eigenvalue weighted by Crippen LogP contribution is -2.40. The smallest absolute Gasteiger partial charge is 0.246 e. The van der Waals surface area contributed by atoms with Gasteiger partial charge in [0.1, 0.15) is 10.6 Å². The number of methoxy groups -OCH3 is 1. The summed E-state index contributed by atoms with van der Waals surface area (Å²) in [4.78, 5) is 17.4. The number of carbonyl (C=O) groups is 1. The van der Waals surface area contributed by atoms with Crippen molar-refractivity contribution < 1.29 is 22.7 Å². The minimum Gasteiger partial charge on any atom is -0.495 e. The minimum absolute atomic E-state index is 0.00707. The fourth-order valence-corrected chi connectivity index (χ4v) is 6.67. The standard InChI is InChI=1S/C25H29N3O5S2/c1-16-11-17(2)24(18(3)12-16)20-15-34-25(26-20)27-23(29)14-19-5-6-21(32-4)22(13-19)35(30,31)28-7-9-33-10-8-28/h5-6,11-13,15H,7-10,14H2,1-4H3,(H,26,27,29). The maximum Gasteiger partial charge on any atom is 0.246 e. The Morgan fingerprint density at radius 1 is 1.14 bits per heavy atom. The molecule has 1 saturated heterocycles. The van der Waals surface area contributed by atoms with E-state index in [0.717, 1.165) is 22.4 Å². The number of amides is 1. The fraction of sp³-hybridized carbons (Fsp3) is 0.360. The molecule has 186 valence electrons. The van der Waals surface area contributed by atoms with E-state index in [1.54, 1.807) is 12.1 Å². The van der Waals surface area contributed by atoms with Gasteiger partial charge in [-0.15, -0.1) is 11.3 Å². The van der Waals surface area contributed by atoms with Crippen molar-refractivity contribution in [3.05, 3.63) is 58.0 Å². The van der Waals surface area contributed by atoms with Crippen LogP contribution in [-0.4, -0.2) is 57.0 Å². The number of nitrogens with zero attached hydrogens (tertiary/aromatic N) is 2. The number of aromatic nitrogens is 1. The molecule has 2 heterocycles. The van der Waals surface area contributed by atoms with Crippen LogP contribution in [0.2, 0.25) is 0 Å². The molecule has 0 saturated carbocycles. The Balaban J connectivity index is 1.51. The van der Waals surface area contributed by atoms with Gasteiger partial charge in [0.05, 0.1) is 32.4 Å². The van der Waals surface area contributed by atoms with Crippen LogP contribution in [0.1, 0.15) is 22.3 Å². The van der Waals surface area contributed by atoms with Crippen LogP contribution >= 0.6 is 11.3 Å². The highest BCUT2D eigenvalue weighted by Crippen LogP contribution is 2.32. The second-order valence-electron chi connectivity index (χ2n) is 8.54. The number of nitrogens with one attached hydrogen (secondary N) is 1. The summed E-state index contributed by atoms with van der Waals surface area (Å²) in [6, 6.07) is 9.03. The molecule has 1 aliphatic rings. The zero-order chi connectivity index (χ0) is 25.2. The predicted octanol–water partition coefficient (Wildman–Crippen LogP) is 3.95. The number of anilines is 1. The molecule has 2 aromatic carbocycles. The number of morpholine rings is 1. The molecule has 0 spiro atoms. The van der Waals surface area contributed by atoms with Crippen LogP contribution in [0.25, 0.3) is 11.3 Å². The topological polar surface area (TPSA) is 97.8 Å². The molecule has 0 unspecified atom stereocenters. The molecule has 0 aliphatic carbocycles. The first-order valence-electron chi connectivity index (χ1n) is 11.3. The van der Waals surface area contributed by atoms with Gasteiger partial charge >= 0.3 is 0 Å². The largest absolute Gasteiger partial charge is 0.495 e. The first kappa shape index (κ1) is 25.3. The van der Waals surface area contributed by atoms with E-state index in [4.69, 9.17) is 9.47 Å². The van der Waals surface area contributed by atoms with Crippen molar-refractivity contribution >= 4 is 32.4 Å². The van der Waals surface area contributed by atoms with Crippen LogP contribution < -0.4 is 10.1 Å². The van der Waals surface area contributed by atoms with E-state index in [1.165, 1.54) is 34.4 Å². The van der Waals surface area contributed by atoms with Crippen molar-refractivity contribution in [1.29, 1.82) is 0 Å². The zero-order valence-corrected chi connectivity index (χ0v) is 21.9. The highest BCUT2D eigenvalue weighted by atomic mass is 32.2. The van der Waals surface area contributed by atoms with Crippen molar-refractivity contribution in [2.24, 2.45) is 0 Å². The lowest BCUT2D eigenvalue weighted by molar-refractivity contribution is -0.115. The Labute approximate surface area is 210 Å². The number of carbonyl (C=O) groups excluding carboxylic acids is 1. The molecule has 10 heteroatoms. The van der Waals surface area contributed by atoms with Crippen LogP contribution in [0.4, 0.5) is 5.13 Å². The van der Waals surface area contributed by atoms with E-state index in [1.807, 2.05) is 5.38 Å². The molecule has 35 heavy (non-hydrogen) atoms. The van der Waals surface area contributed by atoms with E-state index in [9.17, 15) is 13.2 Å². The SMILES string of the molecule is COc1ccc(CC(=O)Nc2nc(-c3c(C)cc(C)cc3C)cs2)cc1S(=O)(=O)N1CCOCC1. The van der Waals surface area contributed by atoms with E-state index in [2.05, 4.69) is 43.2 Å². The summed E-state index contributed by atoms with van der Waals surface area (Å²) in [5.41, 5.74) is 5.93. The number of hydrogen-bond acceptors (Lipinski definition) is 7. The van der Waals surface area contributed by atoms with Crippen LogP contribution in [0.15, 0.2) is 40.6 Å². The Kier molecular flexibility index (Phi) is 7.56. The maximum absolute atomic E-state index is 13.2. The quantitative estimate of drug-likeness (QED) is 0.512. The molecule has 1 amide bonds. The second kappa shape index (κ2) is 10.4. The summed E-state index contributed by atoms with van der Waals surface area (Å²) in [6.45, 7) is 7.43. The molecule has 8 nitrogen and oxygen atoms in total. The van der Waals surface area contributed by atoms with Gasteiger partial charge in [0.15, 0.2) is 5.13 Å². The van der Waals surface area contributed by atoms with Gasteiger partial charge in [-0.2, -0.15) is 4.31 Å². The number of rotatable bonds is 7. The first-order valence-corrected chi connectivity index (χ1v) is 13.6. The van der Waals surface area contributed by atoms with Crippen LogP contribution in [-0.2, 0) is 26.0 Å². The summed E-state index contributed by atoms with van der Waals surface area (Å²) < 4.78 is 38.3. The Bertz CT molecular complexity index is 1320. The molecule has 3 aromatic rings. The molecule has 0 radical (unpaired) electrons. The third-order valence-electron chi connectivity index (χ3n) is 5.86. The lowest BCUT2D eigenvalue weighted by atomic mass is 9.98. The average Bonchev–Trinajstić information content (AvgIpc) is 3.26. The normalized spacial score (nSPS) is 14.6. The van der Waals surface area contributed by atoms with Crippen LogP contribution in [0.3, 0.4) is 0 Å². The molecule has 1 N–H and O–H groups in total. The zero-order valence-electron chi connectivity index (χ0n) is 20.3. The van der Waals surface area contributed by atoms with Crippen molar-refractivity contribution in [2.45, 2.75) is 32.1 Å². The Morgan fingerprint density at radius 3 is 2.49 bits per heavy atom. The fourth-order valence-electron chi connectivity index (χ4n) is 4.34. The summed E-state index contributed by atoms with van der Waals surface area (Å²) in [6.07, 6.45) is 0.00707. The lowest BCUT2D eigenvalue weighted by Gasteiger charge is -2.26. The van der Waals surface area contributed by atoms with Crippen molar-refractivity contribution in [3.63, 3.8) is 0 Å². The molecule has 1 fully saturated rings. The molecule has 4 rings (SSSR count). The van der Waals surface area contributed by atoms with Crippen LogP contribution in [0.5, 0.6) is 5.75 Å². The summed E-state index contributed by atoms with van der Waals surface area (Å²) in [5.74, 6) is -0.0304. The van der Waals surface area contributed by atoms with Gasteiger partial charge in [-0.1, -0.05) is 23.8 Å². The van der Waals surface area contributed by atoms with Gasteiger partial charge in [-0.05, 0) is 49.6 Å². The summed E-state index contributed by atoms with van der Waals surface area (Å²) >= 11 is 1.36. The Morgan fingerprint density at radius 2 is 1.83 bits per heavy atom. The van der Waals surface area contributed by atoms with E-state index in [-0.39, 0.29) is 36.1 Å². The summed E-state index contributed by atoms with van der Waals surface area (Å²) in [5, 5.41) is 5.27. The van der Waals surface area contributed by atoms with Gasteiger partial charge in [-0.25, -0.2) is 13.4 Å². The van der Waals surface area contributed by atoms with Gasteiger partial charge in [0.2, 0.25) is 15.9 Å². The van der Waals surface area contributed by atoms with E-state index < -0.39 is 10.0 Å². The van der Waals surface area contributed by atoms with Gasteiger partial charge < -0.3 is 14.8 Å². The number of hydrogen-bond donors (Lipinski definition) is 1. The number of benzene rings is 2. The second-order valence-corrected chi connectivity index (χ2v) is 11.3. The van der Waals surface area contributed by atoms with Crippen molar-refractivity contribution in [1.82, 2.24) is 9.29 Å². The van der Waals surface area contributed by atoms with Crippen molar-refractivity contribution in [3.8, 4) is 17.0 Å². The molecule has 1 aromatic heterocycles. The van der Waals surface area contributed by atoms with Gasteiger partial charge in [-0.3, -0.25) is 4.79 Å². The number of ether oxygens (including phenoxy) is 2. The number of sulfonamides is 1. The Hall–Kier alpha value is -2.79. The highest BCUT2D eigenvalue weighted by molar-refractivity contribution is 7.89. The van der Waals surface area contributed by atoms with Crippen molar-refractivity contribution in [2.75, 3.05) is 38.7 Å². The molecule has 0 bridgehead atoms. The average molecular weight is 516 g/mol. The third kappa shape index (κ3) is 5.56. The predicted molar refractivity (Wildman–Crippen MR) is 137 cm³/mol. The molecule has 0 atom stereocenters. The van der Waals surface area contributed by atoms with Gasteiger partial charge in [0.25, 0.3) is 0 Å². The number of thiazole rings is 1. The minimum atomic E-state index is -3.77.